The Kier molecular flexibility index (Phi) is 7.97. The quantitative estimate of drug-likeness (QED) is 0.294. The number of carbonyl (C=O) groups is 1. The molecule has 0 heterocycles. The van der Waals surface area contributed by atoms with Gasteiger partial charge in [0.25, 0.3) is 10.0 Å². The monoisotopic (exact) mass is 520 g/mol. The molecule has 4 aromatic carbocycles. The Morgan fingerprint density at radius 2 is 1.64 bits per heavy atom. The summed E-state index contributed by atoms with van der Waals surface area (Å²) in [5, 5.41) is 5.83. The zero-order valence-corrected chi connectivity index (χ0v) is 21.9. The fourth-order valence-electron chi connectivity index (χ4n) is 4.31. The van der Waals surface area contributed by atoms with Gasteiger partial charge in [0.1, 0.15) is 6.54 Å². The standard InChI is InChI=1S/C29H29ClN2O3S/c1-21(17-24-11-8-10-23-9-6-7-14-27(23)24)19-31-29(33)20-32(28-16-15-25(30)18-22(28)2)36(34,35)26-12-4-3-5-13-26/h3-16,18,21H,17,19-20H2,1-2H3,(H,31,33). The number of aryl methyl sites for hydroxylation is 1. The Morgan fingerprint density at radius 1 is 0.944 bits per heavy atom. The van der Waals surface area contributed by atoms with Crippen molar-refractivity contribution in [3.63, 3.8) is 0 Å². The second-order valence-corrected chi connectivity index (χ2v) is 11.3. The van der Waals surface area contributed by atoms with E-state index in [9.17, 15) is 13.2 Å². The van der Waals surface area contributed by atoms with Crippen molar-refractivity contribution in [2.24, 2.45) is 5.92 Å². The molecule has 0 radical (unpaired) electrons. The van der Waals surface area contributed by atoms with Crippen molar-refractivity contribution < 1.29 is 13.2 Å². The summed E-state index contributed by atoms with van der Waals surface area (Å²) in [4.78, 5) is 13.1. The molecule has 36 heavy (non-hydrogen) atoms. The lowest BCUT2D eigenvalue weighted by molar-refractivity contribution is -0.119. The molecule has 0 aliphatic carbocycles. The van der Waals surface area contributed by atoms with E-state index >= 15 is 0 Å². The molecule has 4 rings (SSSR count). The molecule has 1 unspecified atom stereocenters. The van der Waals surface area contributed by atoms with Crippen LogP contribution in [0, 0.1) is 12.8 Å². The van der Waals surface area contributed by atoms with Gasteiger partial charge in [-0.1, -0.05) is 79.2 Å². The highest BCUT2D eigenvalue weighted by molar-refractivity contribution is 7.92. The third kappa shape index (κ3) is 5.89. The molecular weight excluding hydrogens is 492 g/mol. The van der Waals surface area contributed by atoms with Gasteiger partial charge in [0.2, 0.25) is 5.91 Å². The van der Waals surface area contributed by atoms with E-state index in [1.165, 1.54) is 28.5 Å². The predicted octanol–water partition coefficient (Wildman–Crippen LogP) is 5.99. The lowest BCUT2D eigenvalue weighted by atomic mass is 9.96. The summed E-state index contributed by atoms with van der Waals surface area (Å²) in [6.07, 6.45) is 0.796. The van der Waals surface area contributed by atoms with Crippen LogP contribution in [-0.2, 0) is 21.2 Å². The number of nitrogens with one attached hydrogen (secondary N) is 1. The van der Waals surface area contributed by atoms with Crippen molar-refractivity contribution in [1.82, 2.24) is 5.32 Å². The average molecular weight is 521 g/mol. The van der Waals surface area contributed by atoms with Crippen LogP contribution in [0.3, 0.4) is 0 Å². The number of hydrogen-bond acceptors (Lipinski definition) is 3. The Morgan fingerprint density at radius 3 is 2.39 bits per heavy atom. The van der Waals surface area contributed by atoms with Gasteiger partial charge < -0.3 is 5.32 Å². The number of fused-ring (bicyclic) bond motifs is 1. The van der Waals surface area contributed by atoms with Crippen LogP contribution >= 0.6 is 11.6 Å². The predicted molar refractivity (Wildman–Crippen MR) is 147 cm³/mol. The molecule has 0 aliphatic rings. The highest BCUT2D eigenvalue weighted by Gasteiger charge is 2.28. The summed E-state index contributed by atoms with van der Waals surface area (Å²) in [7, 11) is -3.97. The van der Waals surface area contributed by atoms with Gasteiger partial charge in [0.15, 0.2) is 0 Å². The molecule has 1 amide bonds. The van der Waals surface area contributed by atoms with Crippen molar-refractivity contribution in [2.45, 2.75) is 25.2 Å². The number of rotatable bonds is 9. The summed E-state index contributed by atoms with van der Waals surface area (Å²) < 4.78 is 28.2. The first-order chi connectivity index (χ1) is 17.3. The Labute approximate surface area is 217 Å². The third-order valence-corrected chi connectivity index (χ3v) is 8.15. The van der Waals surface area contributed by atoms with Crippen LogP contribution in [0.2, 0.25) is 5.02 Å². The lowest BCUT2D eigenvalue weighted by Crippen LogP contribution is -2.42. The SMILES string of the molecule is Cc1cc(Cl)ccc1N(CC(=O)NCC(C)Cc1cccc2ccccc12)S(=O)(=O)c1ccccc1. The molecule has 0 bridgehead atoms. The van der Waals surface area contributed by atoms with Crippen molar-refractivity contribution in [3.8, 4) is 0 Å². The van der Waals surface area contributed by atoms with Crippen molar-refractivity contribution in [3.05, 3.63) is 107 Å². The van der Waals surface area contributed by atoms with Crippen LogP contribution in [0.1, 0.15) is 18.1 Å². The number of nitrogens with zero attached hydrogens (tertiary/aromatic N) is 1. The minimum Gasteiger partial charge on any atom is -0.354 e. The van der Waals surface area contributed by atoms with E-state index in [0.29, 0.717) is 22.8 Å². The molecule has 0 saturated heterocycles. The highest BCUT2D eigenvalue weighted by Crippen LogP contribution is 2.29. The first kappa shape index (κ1) is 25.7. The molecule has 7 heteroatoms. The van der Waals surface area contributed by atoms with Gasteiger partial charge in [-0.05, 0) is 71.5 Å². The molecule has 0 saturated carbocycles. The maximum Gasteiger partial charge on any atom is 0.264 e. The van der Waals surface area contributed by atoms with E-state index in [1.54, 1.807) is 43.3 Å². The normalized spacial score (nSPS) is 12.3. The van der Waals surface area contributed by atoms with Crippen LogP contribution in [0.5, 0.6) is 0 Å². The van der Waals surface area contributed by atoms with E-state index in [-0.39, 0.29) is 23.3 Å². The Hall–Kier alpha value is -3.35. The maximum absolute atomic E-state index is 13.5. The largest absolute Gasteiger partial charge is 0.354 e. The molecule has 0 spiro atoms. The molecule has 186 valence electrons. The van der Waals surface area contributed by atoms with Crippen molar-refractivity contribution >= 4 is 44.0 Å². The van der Waals surface area contributed by atoms with Gasteiger partial charge in [0.05, 0.1) is 10.6 Å². The number of benzene rings is 4. The molecule has 0 aliphatic heterocycles. The smallest absolute Gasteiger partial charge is 0.264 e. The molecule has 5 nitrogen and oxygen atoms in total. The van der Waals surface area contributed by atoms with Gasteiger partial charge in [0, 0.05) is 11.6 Å². The highest BCUT2D eigenvalue weighted by atomic mass is 35.5. The topological polar surface area (TPSA) is 66.5 Å². The summed E-state index contributed by atoms with van der Waals surface area (Å²) in [6, 6.07) is 27.6. The lowest BCUT2D eigenvalue weighted by Gasteiger charge is -2.26. The molecule has 1 N–H and O–H groups in total. The van der Waals surface area contributed by atoms with Gasteiger partial charge in [-0.15, -0.1) is 0 Å². The Bertz CT molecular complexity index is 1470. The molecule has 0 fully saturated rings. The molecule has 4 aromatic rings. The third-order valence-electron chi connectivity index (χ3n) is 6.14. The van der Waals surface area contributed by atoms with Crippen molar-refractivity contribution in [1.29, 1.82) is 0 Å². The van der Waals surface area contributed by atoms with Crippen LogP contribution in [0.15, 0.2) is 95.9 Å². The maximum atomic E-state index is 13.5. The minimum absolute atomic E-state index is 0.122. The van der Waals surface area contributed by atoms with Gasteiger partial charge >= 0.3 is 0 Å². The number of sulfonamides is 1. The molecule has 0 aromatic heterocycles. The first-order valence-corrected chi connectivity index (χ1v) is 13.6. The summed E-state index contributed by atoms with van der Waals surface area (Å²) >= 11 is 6.10. The average Bonchev–Trinajstić information content (AvgIpc) is 2.87. The van der Waals surface area contributed by atoms with Crippen LogP contribution < -0.4 is 9.62 Å². The molecule has 1 atom stereocenters. The number of halogens is 1. The van der Waals surface area contributed by atoms with E-state index in [4.69, 9.17) is 11.6 Å². The van der Waals surface area contributed by atoms with Gasteiger partial charge in [-0.2, -0.15) is 0 Å². The van der Waals surface area contributed by atoms with E-state index < -0.39 is 10.0 Å². The zero-order chi connectivity index (χ0) is 25.7. The van der Waals surface area contributed by atoms with Crippen LogP contribution in [-0.4, -0.2) is 27.4 Å². The van der Waals surface area contributed by atoms with Crippen LogP contribution in [0.25, 0.3) is 10.8 Å². The fraction of sp³-hybridized carbons (Fsp3) is 0.207. The van der Waals surface area contributed by atoms with Crippen molar-refractivity contribution in [2.75, 3.05) is 17.4 Å². The second kappa shape index (κ2) is 11.1. The van der Waals surface area contributed by atoms with E-state index in [2.05, 4.69) is 36.5 Å². The number of anilines is 1. The summed E-state index contributed by atoms with van der Waals surface area (Å²) in [6.45, 7) is 3.95. The van der Waals surface area contributed by atoms with E-state index in [0.717, 1.165) is 10.7 Å². The summed E-state index contributed by atoms with van der Waals surface area (Å²) in [5.41, 5.74) is 2.31. The van der Waals surface area contributed by atoms with Gasteiger partial charge in [-0.3, -0.25) is 9.10 Å². The van der Waals surface area contributed by atoms with Crippen LogP contribution in [0.4, 0.5) is 5.69 Å². The number of hydrogen-bond donors (Lipinski definition) is 1. The summed E-state index contributed by atoms with van der Waals surface area (Å²) in [5.74, 6) is -0.204. The van der Waals surface area contributed by atoms with E-state index in [1.807, 2.05) is 18.2 Å². The number of carbonyl (C=O) groups excluding carboxylic acids is 1. The fourth-order valence-corrected chi connectivity index (χ4v) is 6.04. The first-order valence-electron chi connectivity index (χ1n) is 11.8. The molecular formula is C29H29ClN2O3S. The second-order valence-electron chi connectivity index (χ2n) is 9.01. The Balaban J connectivity index is 1.50. The number of amides is 1. The minimum atomic E-state index is -3.97. The van der Waals surface area contributed by atoms with Gasteiger partial charge in [-0.25, -0.2) is 8.42 Å². The zero-order valence-electron chi connectivity index (χ0n) is 20.3.